The monoisotopic (exact) mass is 430 g/mol. The predicted molar refractivity (Wildman–Crippen MR) is 102 cm³/mol. The minimum absolute atomic E-state index is 0.00317. The van der Waals surface area contributed by atoms with E-state index in [9.17, 15) is 22.4 Å². The lowest BCUT2D eigenvalue weighted by Crippen LogP contribution is -2.39. The summed E-state index contributed by atoms with van der Waals surface area (Å²) in [6, 6.07) is 5.75. The van der Waals surface area contributed by atoms with Crippen LogP contribution in [0.4, 0.5) is 4.39 Å². The molecule has 0 unspecified atom stereocenters. The summed E-state index contributed by atoms with van der Waals surface area (Å²) >= 11 is 1.24. The molecule has 2 fully saturated rings. The third-order valence-corrected chi connectivity index (χ3v) is 7.65. The summed E-state index contributed by atoms with van der Waals surface area (Å²) in [6.45, 7) is -0.630. The Hall–Kier alpha value is -1.98. The highest BCUT2D eigenvalue weighted by atomic mass is 32.2. The van der Waals surface area contributed by atoms with Gasteiger partial charge in [0.15, 0.2) is 15.0 Å². The number of hydrogen-bond acceptors (Lipinski definition) is 6. The molecule has 3 rings (SSSR count). The van der Waals surface area contributed by atoms with E-state index in [1.54, 1.807) is 17.0 Å². The second-order valence-electron chi connectivity index (χ2n) is 6.55. The van der Waals surface area contributed by atoms with E-state index in [0.717, 1.165) is 5.56 Å². The lowest BCUT2D eigenvalue weighted by Gasteiger charge is -2.24. The Balaban J connectivity index is 1.70. The standard InChI is InChI=1S/C17H19FN2O6S2/c18-12-3-1-11(2-4-12)5-6-20-13-9-28(24,25)10-14(13)27-17(20)19-15(21)7-26-8-16(22)23/h1-4,13-14H,5-10H2,(H,22,23)/t13-,14-/m0/s1. The second-order valence-corrected chi connectivity index (χ2v) is 9.91. The Morgan fingerprint density at radius 2 is 1.96 bits per heavy atom. The highest BCUT2D eigenvalue weighted by Crippen LogP contribution is 2.38. The molecule has 1 N–H and O–H groups in total. The fourth-order valence-corrected chi connectivity index (χ4v) is 7.16. The quantitative estimate of drug-likeness (QED) is 0.668. The number of amides is 1. The number of aliphatic imine (C=N–C) groups is 1. The smallest absolute Gasteiger partial charge is 0.329 e. The van der Waals surface area contributed by atoms with E-state index in [2.05, 4.69) is 4.99 Å². The van der Waals surface area contributed by atoms with Crippen molar-refractivity contribution in [1.82, 2.24) is 4.90 Å². The topological polar surface area (TPSA) is 113 Å². The van der Waals surface area contributed by atoms with Gasteiger partial charge in [-0.2, -0.15) is 4.99 Å². The number of rotatable bonds is 7. The molecule has 2 aliphatic heterocycles. The van der Waals surface area contributed by atoms with Crippen molar-refractivity contribution in [3.05, 3.63) is 35.6 Å². The minimum Gasteiger partial charge on any atom is -0.480 e. The lowest BCUT2D eigenvalue weighted by atomic mass is 10.1. The Bertz CT molecular complexity index is 887. The van der Waals surface area contributed by atoms with E-state index in [0.29, 0.717) is 18.1 Å². The van der Waals surface area contributed by atoms with Crippen LogP contribution in [0.5, 0.6) is 0 Å². The molecule has 0 aromatic heterocycles. The number of carboxylic acids is 1. The van der Waals surface area contributed by atoms with Crippen molar-refractivity contribution in [1.29, 1.82) is 0 Å². The molecule has 28 heavy (non-hydrogen) atoms. The molecule has 0 saturated carbocycles. The van der Waals surface area contributed by atoms with Crippen molar-refractivity contribution in [2.24, 2.45) is 4.99 Å². The maximum absolute atomic E-state index is 13.1. The summed E-state index contributed by atoms with van der Waals surface area (Å²) in [6.07, 6.45) is 0.535. The number of benzene rings is 1. The highest BCUT2D eigenvalue weighted by Gasteiger charge is 2.48. The molecule has 2 saturated heterocycles. The molecule has 1 aromatic rings. The molecule has 8 nitrogen and oxygen atoms in total. The fourth-order valence-electron chi connectivity index (χ4n) is 3.16. The van der Waals surface area contributed by atoms with Gasteiger partial charge in [-0.15, -0.1) is 0 Å². The first-order chi connectivity index (χ1) is 13.2. The van der Waals surface area contributed by atoms with Gasteiger partial charge in [0, 0.05) is 11.8 Å². The SMILES string of the molecule is O=C(O)COCC(=O)N=C1S[C@H]2CS(=O)(=O)C[C@@H]2N1CCc1ccc(F)cc1. The average molecular weight is 430 g/mol. The van der Waals surface area contributed by atoms with Crippen LogP contribution >= 0.6 is 11.8 Å². The van der Waals surface area contributed by atoms with Gasteiger partial charge in [-0.3, -0.25) is 4.79 Å². The first-order valence-electron chi connectivity index (χ1n) is 8.53. The van der Waals surface area contributed by atoms with Crippen LogP contribution in [0.1, 0.15) is 5.56 Å². The summed E-state index contributed by atoms with van der Waals surface area (Å²) in [4.78, 5) is 28.2. The van der Waals surface area contributed by atoms with Crippen molar-refractivity contribution < 1.29 is 32.2 Å². The van der Waals surface area contributed by atoms with E-state index in [1.807, 2.05) is 0 Å². The Morgan fingerprint density at radius 1 is 1.25 bits per heavy atom. The van der Waals surface area contributed by atoms with Crippen LogP contribution in [0.25, 0.3) is 0 Å². The van der Waals surface area contributed by atoms with Crippen LogP contribution in [0, 0.1) is 5.82 Å². The normalized spacial score (nSPS) is 24.5. The zero-order chi connectivity index (χ0) is 20.3. The van der Waals surface area contributed by atoms with Gasteiger partial charge < -0.3 is 14.7 Å². The van der Waals surface area contributed by atoms with Crippen LogP contribution in [-0.4, -0.2) is 78.0 Å². The number of fused-ring (bicyclic) bond motifs is 1. The summed E-state index contributed by atoms with van der Waals surface area (Å²) in [5, 5.41) is 8.75. The van der Waals surface area contributed by atoms with Crippen LogP contribution in [0.3, 0.4) is 0 Å². The summed E-state index contributed by atoms with van der Waals surface area (Å²) in [5.41, 5.74) is 0.881. The molecular formula is C17H19FN2O6S2. The lowest BCUT2D eigenvalue weighted by molar-refractivity contribution is -0.143. The number of aliphatic carboxylic acids is 1. The van der Waals surface area contributed by atoms with E-state index >= 15 is 0 Å². The molecule has 2 atom stereocenters. The van der Waals surface area contributed by atoms with Gasteiger partial charge in [0.25, 0.3) is 5.91 Å². The fraction of sp³-hybridized carbons (Fsp3) is 0.471. The number of ether oxygens (including phenoxy) is 1. The Kier molecular flexibility index (Phi) is 6.36. The second kappa shape index (κ2) is 8.58. The first kappa shape index (κ1) is 20.7. The summed E-state index contributed by atoms with van der Waals surface area (Å²) in [5.74, 6) is -2.12. The van der Waals surface area contributed by atoms with E-state index in [4.69, 9.17) is 9.84 Å². The minimum atomic E-state index is -3.14. The molecule has 1 amide bonds. The van der Waals surface area contributed by atoms with Gasteiger partial charge in [-0.25, -0.2) is 17.6 Å². The average Bonchev–Trinajstić information content (AvgIpc) is 3.05. The summed E-state index contributed by atoms with van der Waals surface area (Å²) < 4.78 is 41.8. The Morgan fingerprint density at radius 3 is 2.64 bits per heavy atom. The molecule has 0 bridgehead atoms. The van der Waals surface area contributed by atoms with Crippen LogP contribution in [-0.2, 0) is 30.6 Å². The van der Waals surface area contributed by atoms with Crippen molar-refractivity contribution in [2.75, 3.05) is 31.3 Å². The van der Waals surface area contributed by atoms with Gasteiger partial charge in [0.2, 0.25) is 0 Å². The zero-order valence-corrected chi connectivity index (χ0v) is 16.4. The van der Waals surface area contributed by atoms with Gasteiger partial charge >= 0.3 is 5.97 Å². The molecule has 152 valence electrons. The Labute approximate surface area is 165 Å². The highest BCUT2D eigenvalue weighted by molar-refractivity contribution is 8.15. The molecule has 2 heterocycles. The predicted octanol–water partition coefficient (Wildman–Crippen LogP) is 0.566. The van der Waals surface area contributed by atoms with Crippen LogP contribution in [0.2, 0.25) is 0 Å². The number of amidine groups is 1. The third kappa shape index (κ3) is 5.30. The number of sulfone groups is 1. The van der Waals surface area contributed by atoms with Gasteiger partial charge in [-0.1, -0.05) is 23.9 Å². The molecule has 0 radical (unpaired) electrons. The molecule has 2 aliphatic rings. The third-order valence-electron chi connectivity index (χ3n) is 4.40. The van der Waals surface area contributed by atoms with E-state index in [1.165, 1.54) is 23.9 Å². The number of carbonyl (C=O) groups excluding carboxylic acids is 1. The number of hydrogen-bond donors (Lipinski definition) is 1. The maximum Gasteiger partial charge on any atom is 0.329 e. The van der Waals surface area contributed by atoms with Gasteiger partial charge in [0.05, 0.1) is 17.5 Å². The number of halogens is 1. The molecule has 1 aromatic carbocycles. The van der Waals surface area contributed by atoms with Crippen molar-refractivity contribution in [2.45, 2.75) is 17.7 Å². The zero-order valence-electron chi connectivity index (χ0n) is 14.8. The van der Waals surface area contributed by atoms with E-state index in [-0.39, 0.29) is 28.6 Å². The van der Waals surface area contributed by atoms with Crippen molar-refractivity contribution >= 4 is 38.6 Å². The van der Waals surface area contributed by atoms with Crippen LogP contribution in [0.15, 0.2) is 29.3 Å². The number of thioether (sulfide) groups is 1. The first-order valence-corrected chi connectivity index (χ1v) is 11.2. The maximum atomic E-state index is 13.1. The summed E-state index contributed by atoms with van der Waals surface area (Å²) in [7, 11) is -3.14. The molecular weight excluding hydrogens is 411 g/mol. The molecule has 11 heteroatoms. The number of carboxylic acid groups (broad SMARTS) is 1. The van der Waals surface area contributed by atoms with Crippen LogP contribution < -0.4 is 0 Å². The van der Waals surface area contributed by atoms with Crippen molar-refractivity contribution in [3.8, 4) is 0 Å². The van der Waals surface area contributed by atoms with Crippen molar-refractivity contribution in [3.63, 3.8) is 0 Å². The van der Waals surface area contributed by atoms with E-state index < -0.39 is 34.9 Å². The molecule has 0 spiro atoms. The van der Waals surface area contributed by atoms with Gasteiger partial charge in [-0.05, 0) is 24.1 Å². The number of nitrogens with zero attached hydrogens (tertiary/aromatic N) is 2. The largest absolute Gasteiger partial charge is 0.480 e. The number of carbonyl (C=O) groups is 2. The molecule has 0 aliphatic carbocycles. The van der Waals surface area contributed by atoms with Gasteiger partial charge in [0.1, 0.15) is 19.0 Å².